The van der Waals surface area contributed by atoms with Gasteiger partial charge in [0.2, 0.25) is 6.03 Å². The molecule has 0 saturated carbocycles. The minimum Gasteiger partial charge on any atom is -0.323 e. The van der Waals surface area contributed by atoms with Crippen molar-refractivity contribution in [3.05, 3.63) is 0 Å². The summed E-state index contributed by atoms with van der Waals surface area (Å²) in [5.74, 6) is 0. The van der Waals surface area contributed by atoms with E-state index < -0.39 is 8.03 Å². The van der Waals surface area contributed by atoms with Gasteiger partial charge in [0.15, 0.2) is 0 Å². The molecule has 0 radical (unpaired) electrons. The molecule has 0 aromatic carbocycles. The standard InChI is InChI=1S/C5H11O3P/c1-3-5(2)8-9(7)4-6/h4-5,9H,3H2,1-2H3. The molecule has 0 aliphatic carbocycles. The van der Waals surface area contributed by atoms with Gasteiger partial charge in [-0.25, -0.2) is 0 Å². The number of carbonyl (C=O) groups excluding carboxylic acids is 1. The normalized spacial score (nSPS) is 16.7. The van der Waals surface area contributed by atoms with E-state index in [1.165, 1.54) is 0 Å². The first-order valence-electron chi connectivity index (χ1n) is 2.86. The third-order valence-electron chi connectivity index (χ3n) is 0.988. The lowest BCUT2D eigenvalue weighted by Crippen LogP contribution is -1.99. The summed E-state index contributed by atoms with van der Waals surface area (Å²) in [6.07, 6.45) is 0.714. The Hall–Kier alpha value is -0.140. The second-order valence-electron chi connectivity index (χ2n) is 1.77. The largest absolute Gasteiger partial charge is 0.323 e. The third kappa shape index (κ3) is 4.37. The van der Waals surface area contributed by atoms with Gasteiger partial charge in [0.05, 0.1) is 6.10 Å². The van der Waals surface area contributed by atoms with Crippen molar-refractivity contribution in [2.24, 2.45) is 0 Å². The average molecular weight is 150 g/mol. The number of rotatable bonds is 4. The highest BCUT2D eigenvalue weighted by molar-refractivity contribution is 7.56. The molecule has 0 heterocycles. The Morgan fingerprint density at radius 2 is 2.33 bits per heavy atom. The second kappa shape index (κ2) is 4.71. The van der Waals surface area contributed by atoms with Crippen LogP contribution in [-0.4, -0.2) is 12.1 Å². The number of carbonyl (C=O) groups is 1. The zero-order chi connectivity index (χ0) is 7.28. The molecular weight excluding hydrogens is 139 g/mol. The summed E-state index contributed by atoms with van der Waals surface area (Å²) in [4.78, 5) is 9.76. The quantitative estimate of drug-likeness (QED) is 0.450. The summed E-state index contributed by atoms with van der Waals surface area (Å²) < 4.78 is 15.1. The molecule has 54 valence electrons. The first-order chi connectivity index (χ1) is 4.20. The van der Waals surface area contributed by atoms with Crippen LogP contribution in [0.4, 0.5) is 0 Å². The van der Waals surface area contributed by atoms with Crippen molar-refractivity contribution in [2.45, 2.75) is 26.4 Å². The van der Waals surface area contributed by atoms with Crippen molar-refractivity contribution >= 4 is 14.1 Å². The van der Waals surface area contributed by atoms with E-state index in [0.717, 1.165) is 6.42 Å². The van der Waals surface area contributed by atoms with Crippen molar-refractivity contribution in [1.82, 2.24) is 0 Å². The van der Waals surface area contributed by atoms with Gasteiger partial charge in [-0.1, -0.05) is 6.92 Å². The molecule has 0 aliphatic heterocycles. The van der Waals surface area contributed by atoms with E-state index in [2.05, 4.69) is 0 Å². The molecule has 3 nitrogen and oxygen atoms in total. The van der Waals surface area contributed by atoms with Crippen LogP contribution in [0, 0.1) is 0 Å². The van der Waals surface area contributed by atoms with Crippen LogP contribution in [0.2, 0.25) is 0 Å². The van der Waals surface area contributed by atoms with Gasteiger partial charge in [0.1, 0.15) is 0 Å². The van der Waals surface area contributed by atoms with Crippen molar-refractivity contribution in [3.63, 3.8) is 0 Å². The van der Waals surface area contributed by atoms with Crippen LogP contribution >= 0.6 is 8.03 Å². The zero-order valence-electron chi connectivity index (χ0n) is 5.59. The molecule has 9 heavy (non-hydrogen) atoms. The van der Waals surface area contributed by atoms with E-state index in [9.17, 15) is 9.36 Å². The predicted molar refractivity (Wildman–Crippen MR) is 36.6 cm³/mol. The van der Waals surface area contributed by atoms with Crippen LogP contribution in [0.15, 0.2) is 0 Å². The molecule has 0 aromatic rings. The molecule has 0 saturated heterocycles. The summed E-state index contributed by atoms with van der Waals surface area (Å²) in [6, 6.07) is 0.358. The highest BCUT2D eigenvalue weighted by atomic mass is 31.1. The summed E-state index contributed by atoms with van der Waals surface area (Å²) in [5, 5.41) is 0. The van der Waals surface area contributed by atoms with Gasteiger partial charge in [-0.2, -0.15) is 0 Å². The van der Waals surface area contributed by atoms with E-state index in [0.29, 0.717) is 6.03 Å². The van der Waals surface area contributed by atoms with Gasteiger partial charge in [-0.3, -0.25) is 9.36 Å². The van der Waals surface area contributed by atoms with Crippen LogP contribution in [0.5, 0.6) is 0 Å². The van der Waals surface area contributed by atoms with Crippen molar-refractivity contribution in [3.8, 4) is 0 Å². The molecule has 2 unspecified atom stereocenters. The van der Waals surface area contributed by atoms with E-state index in [-0.39, 0.29) is 6.10 Å². The fourth-order valence-corrected chi connectivity index (χ4v) is 0.928. The molecule has 0 aromatic heterocycles. The second-order valence-corrected chi connectivity index (χ2v) is 2.88. The maximum absolute atomic E-state index is 10.4. The molecule has 4 heteroatoms. The smallest absolute Gasteiger partial charge is 0.252 e. The number of hydrogen-bond acceptors (Lipinski definition) is 3. The zero-order valence-corrected chi connectivity index (χ0v) is 6.59. The topological polar surface area (TPSA) is 43.4 Å². The Bertz CT molecular complexity index is 113. The van der Waals surface area contributed by atoms with Crippen LogP contribution in [0.25, 0.3) is 0 Å². The van der Waals surface area contributed by atoms with Gasteiger partial charge in [0, 0.05) is 0 Å². The Morgan fingerprint density at radius 1 is 1.78 bits per heavy atom. The minimum atomic E-state index is -2.37. The van der Waals surface area contributed by atoms with Crippen LogP contribution < -0.4 is 0 Å². The molecule has 0 fully saturated rings. The first kappa shape index (κ1) is 8.86. The van der Waals surface area contributed by atoms with Crippen molar-refractivity contribution in [1.29, 1.82) is 0 Å². The van der Waals surface area contributed by atoms with Gasteiger partial charge < -0.3 is 4.52 Å². The Morgan fingerprint density at radius 3 is 2.67 bits per heavy atom. The Kier molecular flexibility index (Phi) is 4.64. The molecule has 0 bridgehead atoms. The lowest BCUT2D eigenvalue weighted by Gasteiger charge is -2.04. The SMILES string of the molecule is CCC(C)O[PH](=O)C=O. The van der Waals surface area contributed by atoms with Crippen LogP contribution in [0.3, 0.4) is 0 Å². The van der Waals surface area contributed by atoms with E-state index >= 15 is 0 Å². The Labute approximate surface area is 55.3 Å². The maximum Gasteiger partial charge on any atom is 0.252 e. The average Bonchev–Trinajstić information content (AvgIpc) is 1.87. The highest BCUT2D eigenvalue weighted by Crippen LogP contribution is 2.20. The molecule has 2 atom stereocenters. The van der Waals surface area contributed by atoms with Gasteiger partial charge in [0.25, 0.3) is 8.03 Å². The molecule has 0 amide bonds. The van der Waals surface area contributed by atoms with Crippen LogP contribution in [0.1, 0.15) is 20.3 Å². The van der Waals surface area contributed by atoms with Gasteiger partial charge in [-0.05, 0) is 13.3 Å². The molecule has 0 aliphatic rings. The lowest BCUT2D eigenvalue weighted by molar-refractivity contribution is 0.235. The maximum atomic E-state index is 10.4. The highest BCUT2D eigenvalue weighted by Gasteiger charge is 2.01. The number of hydrogen-bond donors (Lipinski definition) is 0. The fraction of sp³-hybridized carbons (Fsp3) is 0.800. The summed E-state index contributed by atoms with van der Waals surface area (Å²) in [5.41, 5.74) is 0. The molecular formula is C5H11O3P. The minimum absolute atomic E-state index is 0.0680. The molecule has 0 rings (SSSR count). The first-order valence-corrected chi connectivity index (χ1v) is 4.25. The summed E-state index contributed by atoms with van der Waals surface area (Å²) in [7, 11) is -2.37. The fourth-order valence-electron chi connectivity index (χ4n) is 0.309. The van der Waals surface area contributed by atoms with Crippen LogP contribution in [-0.2, 0) is 13.9 Å². The van der Waals surface area contributed by atoms with E-state index in [4.69, 9.17) is 4.52 Å². The summed E-state index contributed by atoms with van der Waals surface area (Å²) in [6.45, 7) is 3.69. The van der Waals surface area contributed by atoms with Gasteiger partial charge >= 0.3 is 0 Å². The lowest BCUT2D eigenvalue weighted by atomic mass is 10.3. The molecule has 0 spiro atoms. The Balaban J connectivity index is 3.46. The monoisotopic (exact) mass is 150 g/mol. The van der Waals surface area contributed by atoms with Gasteiger partial charge in [-0.15, -0.1) is 0 Å². The summed E-state index contributed by atoms with van der Waals surface area (Å²) >= 11 is 0. The van der Waals surface area contributed by atoms with E-state index in [1.807, 2.05) is 6.92 Å². The third-order valence-corrected chi connectivity index (χ3v) is 1.82. The van der Waals surface area contributed by atoms with E-state index in [1.54, 1.807) is 6.92 Å². The predicted octanol–water partition coefficient (Wildman–Crippen LogP) is 1.47. The van der Waals surface area contributed by atoms with Crippen molar-refractivity contribution < 1.29 is 13.9 Å². The van der Waals surface area contributed by atoms with Crippen molar-refractivity contribution in [2.75, 3.05) is 0 Å². The molecule has 0 N–H and O–H groups in total.